The van der Waals surface area contributed by atoms with Crippen LogP contribution in [0.5, 0.6) is 0 Å². The number of carbonyl (C=O) groups excluding carboxylic acids is 1. The fourth-order valence-electron chi connectivity index (χ4n) is 2.84. The van der Waals surface area contributed by atoms with E-state index in [0.29, 0.717) is 6.54 Å². The molecule has 0 aliphatic carbocycles. The largest absolute Gasteiger partial charge is 0.310 e. The van der Waals surface area contributed by atoms with E-state index in [2.05, 4.69) is 35.6 Å². The number of aromatic amines is 1. The quantitative estimate of drug-likeness (QED) is 0.869. The fraction of sp³-hybridized carbons (Fsp3) is 0.500. The van der Waals surface area contributed by atoms with E-state index in [1.807, 2.05) is 12.1 Å². The molecular formula is C18H23N3O2S. The zero-order chi connectivity index (χ0) is 17.5. The van der Waals surface area contributed by atoms with Crippen LogP contribution in [0.1, 0.15) is 59.3 Å². The van der Waals surface area contributed by atoms with E-state index in [4.69, 9.17) is 0 Å². The molecule has 3 rings (SSSR count). The third-order valence-electron chi connectivity index (χ3n) is 4.25. The minimum absolute atomic E-state index is 0.0229. The van der Waals surface area contributed by atoms with Gasteiger partial charge in [0.05, 0.1) is 16.1 Å². The number of hydrogen-bond donors (Lipinski definition) is 1. The summed E-state index contributed by atoms with van der Waals surface area (Å²) in [6, 6.07) is 3.88. The first kappa shape index (κ1) is 17.0. The smallest absolute Gasteiger partial charge is 0.255 e. The number of hydrogen-bond acceptors (Lipinski definition) is 5. The van der Waals surface area contributed by atoms with Gasteiger partial charge in [-0.2, -0.15) is 0 Å². The standard InChI is InChI=1S/C18H23N3O2S/c1-11(22)15-6-5-12(24-15)9-21-8-7-14-13(10-21)16(23)20-17(19-14)18(2,3)4/h5-6H,7-10H2,1-4H3,(H,19,20,23). The van der Waals surface area contributed by atoms with E-state index in [-0.39, 0.29) is 16.8 Å². The highest BCUT2D eigenvalue weighted by atomic mass is 32.1. The molecule has 24 heavy (non-hydrogen) atoms. The number of Topliss-reactive ketones (excluding diaryl/α,β-unsaturated/α-hetero) is 1. The number of aromatic nitrogens is 2. The second-order valence-electron chi connectivity index (χ2n) is 7.37. The lowest BCUT2D eigenvalue weighted by Crippen LogP contribution is -2.36. The Morgan fingerprint density at radius 2 is 2.12 bits per heavy atom. The van der Waals surface area contributed by atoms with Gasteiger partial charge in [0.1, 0.15) is 5.82 Å². The van der Waals surface area contributed by atoms with Crippen molar-refractivity contribution in [1.82, 2.24) is 14.9 Å². The van der Waals surface area contributed by atoms with E-state index in [0.717, 1.165) is 46.3 Å². The number of carbonyl (C=O) groups is 1. The summed E-state index contributed by atoms with van der Waals surface area (Å²) >= 11 is 1.53. The first-order chi connectivity index (χ1) is 11.2. The van der Waals surface area contributed by atoms with Crippen LogP contribution >= 0.6 is 11.3 Å². The van der Waals surface area contributed by atoms with Crippen LogP contribution in [-0.4, -0.2) is 27.2 Å². The molecule has 0 saturated carbocycles. The number of rotatable bonds is 3. The van der Waals surface area contributed by atoms with Crippen LogP contribution in [0.3, 0.4) is 0 Å². The Morgan fingerprint density at radius 3 is 2.75 bits per heavy atom. The second-order valence-corrected chi connectivity index (χ2v) is 8.54. The molecule has 0 amide bonds. The van der Waals surface area contributed by atoms with Gasteiger partial charge >= 0.3 is 0 Å². The average Bonchev–Trinajstić information content (AvgIpc) is 2.95. The van der Waals surface area contributed by atoms with Gasteiger partial charge in [-0.25, -0.2) is 4.98 Å². The molecule has 1 aliphatic heterocycles. The van der Waals surface area contributed by atoms with Crippen molar-refractivity contribution in [2.75, 3.05) is 6.54 Å². The van der Waals surface area contributed by atoms with Crippen LogP contribution in [-0.2, 0) is 24.9 Å². The fourth-order valence-corrected chi connectivity index (χ4v) is 3.79. The number of thiophene rings is 1. The average molecular weight is 345 g/mol. The minimum Gasteiger partial charge on any atom is -0.310 e. The van der Waals surface area contributed by atoms with Gasteiger partial charge in [-0.1, -0.05) is 20.8 Å². The van der Waals surface area contributed by atoms with Crippen LogP contribution < -0.4 is 5.56 Å². The Hall–Kier alpha value is -1.79. The predicted octanol–water partition coefficient (Wildman–Crippen LogP) is 2.89. The lowest BCUT2D eigenvalue weighted by molar-refractivity contribution is 0.102. The van der Waals surface area contributed by atoms with Gasteiger partial charge in [0, 0.05) is 36.3 Å². The third-order valence-corrected chi connectivity index (χ3v) is 5.42. The molecule has 0 saturated heterocycles. The molecule has 128 valence electrons. The molecule has 0 unspecified atom stereocenters. The number of fused-ring (bicyclic) bond motifs is 1. The highest BCUT2D eigenvalue weighted by Crippen LogP contribution is 2.23. The van der Waals surface area contributed by atoms with Crippen molar-refractivity contribution >= 4 is 17.1 Å². The van der Waals surface area contributed by atoms with Crippen LogP contribution in [0.25, 0.3) is 0 Å². The summed E-state index contributed by atoms with van der Waals surface area (Å²) in [7, 11) is 0. The summed E-state index contributed by atoms with van der Waals surface area (Å²) in [5.41, 5.74) is 1.52. The predicted molar refractivity (Wildman–Crippen MR) is 95.7 cm³/mol. The SMILES string of the molecule is CC(=O)c1ccc(CN2CCc3nc(C(C)(C)C)[nH]c(=O)c3C2)s1. The zero-order valence-electron chi connectivity index (χ0n) is 14.6. The molecule has 1 N–H and O–H groups in total. The van der Waals surface area contributed by atoms with Gasteiger partial charge in [0.15, 0.2) is 5.78 Å². The van der Waals surface area contributed by atoms with Crippen LogP contribution in [0.4, 0.5) is 0 Å². The molecule has 0 atom stereocenters. The van der Waals surface area contributed by atoms with Gasteiger partial charge in [0.25, 0.3) is 5.56 Å². The van der Waals surface area contributed by atoms with Gasteiger partial charge in [0.2, 0.25) is 0 Å². The second kappa shape index (κ2) is 6.26. The summed E-state index contributed by atoms with van der Waals surface area (Å²) in [5, 5.41) is 0. The Morgan fingerprint density at radius 1 is 1.38 bits per heavy atom. The molecule has 2 aromatic rings. The first-order valence-corrected chi connectivity index (χ1v) is 9.00. The van der Waals surface area contributed by atoms with Gasteiger partial charge in [-0.05, 0) is 19.1 Å². The normalized spacial score (nSPS) is 15.3. The van der Waals surface area contributed by atoms with Crippen molar-refractivity contribution in [3.05, 3.63) is 49.3 Å². The van der Waals surface area contributed by atoms with Crippen LogP contribution in [0.15, 0.2) is 16.9 Å². The topological polar surface area (TPSA) is 66.1 Å². The lowest BCUT2D eigenvalue weighted by atomic mass is 9.95. The molecule has 6 heteroatoms. The van der Waals surface area contributed by atoms with Gasteiger partial charge in [-0.15, -0.1) is 11.3 Å². The third kappa shape index (κ3) is 3.49. The van der Waals surface area contributed by atoms with Crippen LogP contribution in [0, 0.1) is 0 Å². The van der Waals surface area contributed by atoms with Gasteiger partial charge < -0.3 is 4.98 Å². The monoisotopic (exact) mass is 345 g/mol. The summed E-state index contributed by atoms with van der Waals surface area (Å²) in [4.78, 5) is 35.7. The maximum Gasteiger partial charge on any atom is 0.255 e. The number of H-pyrrole nitrogens is 1. The number of ketones is 1. The molecule has 0 radical (unpaired) electrons. The zero-order valence-corrected chi connectivity index (χ0v) is 15.4. The minimum atomic E-state index is -0.161. The Labute approximate surface area is 145 Å². The molecule has 2 aromatic heterocycles. The van der Waals surface area contributed by atoms with Crippen molar-refractivity contribution in [3.63, 3.8) is 0 Å². The van der Waals surface area contributed by atoms with Crippen molar-refractivity contribution in [2.24, 2.45) is 0 Å². The maximum atomic E-state index is 12.5. The van der Waals surface area contributed by atoms with Crippen molar-refractivity contribution < 1.29 is 4.79 Å². The summed E-state index contributed by atoms with van der Waals surface area (Å²) in [5.74, 6) is 0.856. The molecule has 0 bridgehead atoms. The van der Waals surface area contributed by atoms with E-state index >= 15 is 0 Å². The Bertz CT molecular complexity index is 830. The summed E-state index contributed by atoms with van der Waals surface area (Å²) < 4.78 is 0. The van der Waals surface area contributed by atoms with Crippen molar-refractivity contribution in [1.29, 1.82) is 0 Å². The number of nitrogens with zero attached hydrogens (tertiary/aromatic N) is 2. The van der Waals surface area contributed by atoms with Crippen molar-refractivity contribution in [2.45, 2.75) is 52.6 Å². The van der Waals surface area contributed by atoms with E-state index < -0.39 is 0 Å². The molecule has 1 aliphatic rings. The number of nitrogens with one attached hydrogen (secondary N) is 1. The molecule has 3 heterocycles. The molecule has 0 spiro atoms. The summed E-state index contributed by atoms with van der Waals surface area (Å²) in [6.07, 6.45) is 0.785. The summed E-state index contributed by atoms with van der Waals surface area (Å²) in [6.45, 7) is 9.99. The lowest BCUT2D eigenvalue weighted by Gasteiger charge is -2.28. The van der Waals surface area contributed by atoms with E-state index in [1.54, 1.807) is 6.92 Å². The Kier molecular flexibility index (Phi) is 4.44. The maximum absolute atomic E-state index is 12.5. The van der Waals surface area contributed by atoms with E-state index in [1.165, 1.54) is 11.3 Å². The first-order valence-electron chi connectivity index (χ1n) is 8.18. The molecule has 5 nitrogen and oxygen atoms in total. The highest BCUT2D eigenvalue weighted by molar-refractivity contribution is 7.14. The molecule has 0 aromatic carbocycles. The molecular weight excluding hydrogens is 322 g/mol. The Balaban J connectivity index is 1.79. The van der Waals surface area contributed by atoms with Gasteiger partial charge in [-0.3, -0.25) is 14.5 Å². The van der Waals surface area contributed by atoms with E-state index in [9.17, 15) is 9.59 Å². The highest BCUT2D eigenvalue weighted by Gasteiger charge is 2.25. The van der Waals surface area contributed by atoms with Crippen molar-refractivity contribution in [3.8, 4) is 0 Å². The van der Waals surface area contributed by atoms with Crippen LogP contribution in [0.2, 0.25) is 0 Å². The molecule has 0 fully saturated rings.